The zero-order chi connectivity index (χ0) is 16.3. The van der Waals surface area contributed by atoms with Crippen LogP contribution in [0, 0.1) is 6.92 Å². The molecule has 1 aliphatic rings. The van der Waals surface area contributed by atoms with Gasteiger partial charge in [0.25, 0.3) is 0 Å². The second kappa shape index (κ2) is 6.55. The fraction of sp³-hybridized carbons (Fsp3) is 0.692. The van der Waals surface area contributed by atoms with Crippen LogP contribution in [0.15, 0.2) is 10.6 Å². The van der Waals surface area contributed by atoms with E-state index >= 15 is 0 Å². The van der Waals surface area contributed by atoms with Crippen LogP contribution in [0.1, 0.15) is 18.6 Å². The Morgan fingerprint density at radius 1 is 1.50 bits per heavy atom. The van der Waals surface area contributed by atoms with E-state index in [0.717, 1.165) is 0 Å². The van der Waals surface area contributed by atoms with E-state index in [1.165, 1.54) is 16.0 Å². The van der Waals surface area contributed by atoms with Crippen molar-refractivity contribution in [2.24, 2.45) is 0 Å². The minimum Gasteiger partial charge on any atom is -0.444 e. The molecule has 2 rings (SSSR count). The van der Waals surface area contributed by atoms with Crippen LogP contribution in [-0.2, 0) is 6.54 Å². The molecule has 124 valence electrons. The molecule has 1 aliphatic heterocycles. The minimum atomic E-state index is -4.22. The number of hydrogen-bond donors (Lipinski definition) is 1. The van der Waals surface area contributed by atoms with E-state index < -0.39 is 12.7 Å². The third-order valence-electron chi connectivity index (χ3n) is 3.52. The molecule has 1 atom stereocenters. The second-order valence-electron chi connectivity index (χ2n) is 5.38. The van der Waals surface area contributed by atoms with E-state index in [0.29, 0.717) is 11.7 Å². The first-order valence-corrected chi connectivity index (χ1v) is 6.99. The number of amides is 2. The van der Waals surface area contributed by atoms with Gasteiger partial charge in [-0.2, -0.15) is 13.2 Å². The Labute approximate surface area is 126 Å². The minimum absolute atomic E-state index is 0.204. The first kappa shape index (κ1) is 16.6. The van der Waals surface area contributed by atoms with Gasteiger partial charge in [-0.15, -0.1) is 0 Å². The van der Waals surface area contributed by atoms with Crippen LogP contribution in [0.25, 0.3) is 0 Å². The molecule has 1 aromatic heterocycles. The molecule has 2 amide bonds. The number of carbonyl (C=O) groups is 1. The van der Waals surface area contributed by atoms with Gasteiger partial charge in [-0.3, -0.25) is 4.90 Å². The number of aryl methyl sites for hydroxylation is 1. The number of nitrogens with one attached hydrogen (secondary N) is 1. The lowest BCUT2D eigenvalue weighted by molar-refractivity contribution is -0.153. The molecule has 9 heteroatoms. The molecule has 0 aliphatic carbocycles. The molecule has 1 N–H and O–H groups in total. The summed E-state index contributed by atoms with van der Waals surface area (Å²) in [4.78, 5) is 18.8. The van der Waals surface area contributed by atoms with Gasteiger partial charge in [-0.25, -0.2) is 9.78 Å². The quantitative estimate of drug-likeness (QED) is 0.922. The Kier molecular flexibility index (Phi) is 4.94. The summed E-state index contributed by atoms with van der Waals surface area (Å²) < 4.78 is 42.5. The average Bonchev–Trinajstić information content (AvgIpc) is 2.83. The molecule has 1 saturated heterocycles. The highest BCUT2D eigenvalue weighted by molar-refractivity contribution is 5.74. The number of nitrogens with zero attached hydrogens (tertiary/aromatic N) is 3. The normalized spacial score (nSPS) is 20.2. The van der Waals surface area contributed by atoms with E-state index in [4.69, 9.17) is 4.42 Å². The van der Waals surface area contributed by atoms with Gasteiger partial charge in [0.2, 0.25) is 0 Å². The third-order valence-corrected chi connectivity index (χ3v) is 3.52. The third kappa shape index (κ3) is 4.62. The van der Waals surface area contributed by atoms with Crippen LogP contribution in [0.3, 0.4) is 0 Å². The molecule has 0 spiro atoms. The molecule has 2 heterocycles. The maximum Gasteiger partial charge on any atom is 0.401 e. The lowest BCUT2D eigenvalue weighted by Crippen LogP contribution is -2.57. The van der Waals surface area contributed by atoms with Crippen molar-refractivity contribution in [1.29, 1.82) is 0 Å². The van der Waals surface area contributed by atoms with E-state index in [1.54, 1.807) is 13.8 Å². The first-order chi connectivity index (χ1) is 10.2. The molecule has 0 saturated carbocycles. The summed E-state index contributed by atoms with van der Waals surface area (Å²) in [6.07, 6.45) is -2.69. The fourth-order valence-electron chi connectivity index (χ4n) is 2.41. The van der Waals surface area contributed by atoms with Gasteiger partial charge in [0.05, 0.1) is 19.3 Å². The summed E-state index contributed by atoms with van der Waals surface area (Å²) in [7, 11) is 0. The lowest BCUT2D eigenvalue weighted by Gasteiger charge is -2.39. The van der Waals surface area contributed by atoms with Crippen LogP contribution in [0.2, 0.25) is 0 Å². The SMILES string of the molecule is Cc1ncc(CNC(=O)N2CCN(CC(F)(F)F)C(C)C2)o1. The molecule has 1 unspecified atom stereocenters. The number of aromatic nitrogens is 1. The molecule has 0 aromatic carbocycles. The predicted molar refractivity (Wildman–Crippen MR) is 72.1 cm³/mol. The Bertz CT molecular complexity index is 518. The van der Waals surface area contributed by atoms with Crippen molar-refractivity contribution in [3.8, 4) is 0 Å². The van der Waals surface area contributed by atoms with Crippen LogP contribution >= 0.6 is 0 Å². The number of hydrogen-bond acceptors (Lipinski definition) is 4. The van der Waals surface area contributed by atoms with Gasteiger partial charge in [-0.1, -0.05) is 0 Å². The molecule has 0 bridgehead atoms. The van der Waals surface area contributed by atoms with Gasteiger partial charge in [0, 0.05) is 32.6 Å². The number of rotatable bonds is 3. The van der Waals surface area contributed by atoms with Crippen LogP contribution in [0.4, 0.5) is 18.0 Å². The van der Waals surface area contributed by atoms with Crippen molar-refractivity contribution in [3.05, 3.63) is 17.8 Å². The van der Waals surface area contributed by atoms with E-state index in [9.17, 15) is 18.0 Å². The Hall–Kier alpha value is -1.77. The molecule has 1 fully saturated rings. The molecule has 22 heavy (non-hydrogen) atoms. The van der Waals surface area contributed by atoms with E-state index in [-0.39, 0.29) is 38.3 Å². The van der Waals surface area contributed by atoms with Gasteiger partial charge >= 0.3 is 12.2 Å². The first-order valence-electron chi connectivity index (χ1n) is 6.99. The number of alkyl halides is 3. The van der Waals surface area contributed by atoms with Gasteiger partial charge < -0.3 is 14.6 Å². The topological polar surface area (TPSA) is 61.6 Å². The van der Waals surface area contributed by atoms with Crippen LogP contribution in [0.5, 0.6) is 0 Å². The van der Waals surface area contributed by atoms with Crippen LogP contribution in [-0.4, -0.2) is 59.2 Å². The molecular formula is C13H19F3N4O2. The Balaban J connectivity index is 1.80. The number of halogens is 3. The van der Waals surface area contributed by atoms with E-state index in [1.807, 2.05) is 0 Å². The van der Waals surface area contributed by atoms with Crippen LogP contribution < -0.4 is 5.32 Å². The fourth-order valence-corrected chi connectivity index (χ4v) is 2.41. The van der Waals surface area contributed by atoms with Crippen molar-refractivity contribution in [1.82, 2.24) is 20.1 Å². The summed E-state index contributed by atoms with van der Waals surface area (Å²) in [6, 6.07) is -0.652. The van der Waals surface area contributed by atoms with Crippen molar-refractivity contribution in [2.75, 3.05) is 26.2 Å². The maximum absolute atomic E-state index is 12.4. The summed E-state index contributed by atoms with van der Waals surface area (Å²) in [6.45, 7) is 3.38. The Morgan fingerprint density at radius 3 is 2.77 bits per heavy atom. The number of oxazole rings is 1. The largest absolute Gasteiger partial charge is 0.444 e. The molecule has 1 aromatic rings. The summed E-state index contributed by atoms with van der Waals surface area (Å²) >= 11 is 0. The summed E-state index contributed by atoms with van der Waals surface area (Å²) in [5.74, 6) is 1.05. The summed E-state index contributed by atoms with van der Waals surface area (Å²) in [5, 5.41) is 2.68. The second-order valence-corrected chi connectivity index (χ2v) is 5.38. The smallest absolute Gasteiger partial charge is 0.401 e. The van der Waals surface area contributed by atoms with Gasteiger partial charge in [0.15, 0.2) is 5.89 Å². The van der Waals surface area contributed by atoms with Crippen molar-refractivity contribution in [3.63, 3.8) is 0 Å². The van der Waals surface area contributed by atoms with Crippen molar-refractivity contribution >= 4 is 6.03 Å². The number of carbonyl (C=O) groups excluding carboxylic acids is 1. The average molecular weight is 320 g/mol. The molecule has 0 radical (unpaired) electrons. The highest BCUT2D eigenvalue weighted by atomic mass is 19.4. The lowest BCUT2D eigenvalue weighted by atomic mass is 10.2. The zero-order valence-corrected chi connectivity index (χ0v) is 12.5. The van der Waals surface area contributed by atoms with Crippen molar-refractivity contribution < 1.29 is 22.4 Å². The standard InChI is InChI=1S/C13H19F3N4O2/c1-9-7-19(3-4-20(9)8-13(14,15)16)12(21)18-6-11-5-17-10(2)22-11/h5,9H,3-4,6-8H2,1-2H3,(H,18,21). The predicted octanol–water partition coefficient (Wildman–Crippen LogP) is 1.76. The number of piperazine rings is 1. The Morgan fingerprint density at radius 2 is 2.23 bits per heavy atom. The summed E-state index contributed by atoms with van der Waals surface area (Å²) in [5.41, 5.74) is 0. The molecule has 6 nitrogen and oxygen atoms in total. The van der Waals surface area contributed by atoms with Gasteiger partial charge in [-0.05, 0) is 6.92 Å². The van der Waals surface area contributed by atoms with E-state index in [2.05, 4.69) is 10.3 Å². The van der Waals surface area contributed by atoms with Gasteiger partial charge in [0.1, 0.15) is 5.76 Å². The highest BCUT2D eigenvalue weighted by Gasteiger charge is 2.35. The maximum atomic E-state index is 12.4. The van der Waals surface area contributed by atoms with Crippen molar-refractivity contribution in [2.45, 2.75) is 32.6 Å². The monoisotopic (exact) mass is 320 g/mol. The zero-order valence-electron chi connectivity index (χ0n) is 12.5. The highest BCUT2D eigenvalue weighted by Crippen LogP contribution is 2.20. The number of urea groups is 1. The molecular weight excluding hydrogens is 301 g/mol.